The number of alkyl carbamates (subject to hydrolysis) is 1. The van der Waals surface area contributed by atoms with Crippen LogP contribution in [0.2, 0.25) is 0 Å². The number of carbonyl (C=O) groups is 1. The summed E-state index contributed by atoms with van der Waals surface area (Å²) in [7, 11) is 0. The number of hydrogen-bond acceptors (Lipinski definition) is 3. The van der Waals surface area contributed by atoms with Crippen LogP contribution in [0.25, 0.3) is 0 Å². The Bertz CT molecular complexity index is 231. The fourth-order valence-electron chi connectivity index (χ4n) is 1.30. The zero-order valence-corrected chi connectivity index (χ0v) is 10.6. The van der Waals surface area contributed by atoms with E-state index >= 15 is 0 Å². The SMILES string of the molecule is C=CC[C@@H](C[C@H](C)O)NC(=O)OC(C)(C)C. The van der Waals surface area contributed by atoms with Crippen LogP contribution < -0.4 is 5.32 Å². The van der Waals surface area contributed by atoms with Gasteiger partial charge in [0.05, 0.1) is 6.10 Å². The second-order valence-corrected chi connectivity index (χ2v) is 4.95. The average Bonchev–Trinajstić information content (AvgIpc) is 1.98. The van der Waals surface area contributed by atoms with Gasteiger partial charge < -0.3 is 15.2 Å². The Hall–Kier alpha value is -1.03. The number of nitrogens with one attached hydrogen (secondary N) is 1. The number of hydrogen-bond donors (Lipinski definition) is 2. The lowest BCUT2D eigenvalue weighted by molar-refractivity contribution is 0.0488. The standard InChI is InChI=1S/C12H23NO3/c1-6-7-10(8-9(2)14)13-11(15)16-12(3,4)5/h6,9-10,14H,1,7-8H2,2-5H3,(H,13,15)/t9-,10-/m0/s1. The van der Waals surface area contributed by atoms with Gasteiger partial charge in [-0.15, -0.1) is 6.58 Å². The molecule has 0 aromatic rings. The van der Waals surface area contributed by atoms with Crippen molar-refractivity contribution in [1.82, 2.24) is 5.32 Å². The Morgan fingerprint density at radius 2 is 2.12 bits per heavy atom. The Morgan fingerprint density at radius 1 is 1.56 bits per heavy atom. The van der Waals surface area contributed by atoms with Gasteiger partial charge in [0, 0.05) is 6.04 Å². The maximum atomic E-state index is 11.5. The highest BCUT2D eigenvalue weighted by Crippen LogP contribution is 2.09. The number of amides is 1. The van der Waals surface area contributed by atoms with E-state index in [0.29, 0.717) is 12.8 Å². The molecule has 4 heteroatoms. The highest BCUT2D eigenvalue weighted by atomic mass is 16.6. The summed E-state index contributed by atoms with van der Waals surface area (Å²) in [6.45, 7) is 10.7. The average molecular weight is 229 g/mol. The molecule has 4 nitrogen and oxygen atoms in total. The van der Waals surface area contributed by atoms with Gasteiger partial charge in [0.25, 0.3) is 0 Å². The Morgan fingerprint density at radius 3 is 2.50 bits per heavy atom. The molecule has 2 atom stereocenters. The maximum Gasteiger partial charge on any atom is 0.407 e. The summed E-state index contributed by atoms with van der Waals surface area (Å²) in [5.74, 6) is 0. The zero-order valence-electron chi connectivity index (χ0n) is 10.6. The van der Waals surface area contributed by atoms with Crippen molar-refractivity contribution in [2.75, 3.05) is 0 Å². The smallest absolute Gasteiger partial charge is 0.407 e. The predicted octanol–water partition coefficient (Wildman–Crippen LogP) is 2.23. The fraction of sp³-hybridized carbons (Fsp3) is 0.750. The van der Waals surface area contributed by atoms with Crippen LogP contribution in [0.4, 0.5) is 4.79 Å². The minimum atomic E-state index is -0.506. The number of ether oxygens (including phenoxy) is 1. The number of aliphatic hydroxyl groups is 1. The van der Waals surface area contributed by atoms with Gasteiger partial charge in [-0.3, -0.25) is 0 Å². The topological polar surface area (TPSA) is 58.6 Å². The molecule has 0 radical (unpaired) electrons. The van der Waals surface area contributed by atoms with Crippen molar-refractivity contribution in [3.05, 3.63) is 12.7 Å². The molecule has 0 aliphatic carbocycles. The summed E-state index contributed by atoms with van der Waals surface area (Å²) in [4.78, 5) is 11.5. The first kappa shape index (κ1) is 15.0. The van der Waals surface area contributed by atoms with Crippen molar-refractivity contribution in [2.24, 2.45) is 0 Å². The quantitative estimate of drug-likeness (QED) is 0.711. The summed E-state index contributed by atoms with van der Waals surface area (Å²) in [6, 6.07) is -0.132. The molecule has 0 unspecified atom stereocenters. The summed E-state index contributed by atoms with van der Waals surface area (Å²) in [6.07, 6.45) is 1.90. The lowest BCUT2D eigenvalue weighted by Crippen LogP contribution is -2.40. The first-order chi connectivity index (χ1) is 7.24. The molecule has 94 valence electrons. The fourth-order valence-corrected chi connectivity index (χ4v) is 1.30. The van der Waals surface area contributed by atoms with Crippen LogP contribution in [0.5, 0.6) is 0 Å². The molecule has 0 aliphatic rings. The normalized spacial score (nSPS) is 15.1. The van der Waals surface area contributed by atoms with Crippen LogP contribution in [0, 0.1) is 0 Å². The van der Waals surface area contributed by atoms with Crippen molar-refractivity contribution in [3.8, 4) is 0 Å². The molecule has 0 saturated carbocycles. The van der Waals surface area contributed by atoms with E-state index in [9.17, 15) is 9.90 Å². The van der Waals surface area contributed by atoms with Crippen molar-refractivity contribution >= 4 is 6.09 Å². The number of aliphatic hydroxyl groups excluding tert-OH is 1. The highest BCUT2D eigenvalue weighted by molar-refractivity contribution is 5.68. The molecular weight excluding hydrogens is 206 g/mol. The Labute approximate surface area is 97.7 Å². The molecule has 1 amide bonds. The van der Waals surface area contributed by atoms with Crippen LogP contribution in [0.3, 0.4) is 0 Å². The largest absolute Gasteiger partial charge is 0.444 e. The summed E-state index contributed by atoms with van der Waals surface area (Å²) < 4.78 is 5.13. The van der Waals surface area contributed by atoms with Gasteiger partial charge in [-0.2, -0.15) is 0 Å². The third-order valence-corrected chi connectivity index (χ3v) is 1.80. The minimum absolute atomic E-state index is 0.132. The highest BCUT2D eigenvalue weighted by Gasteiger charge is 2.19. The van der Waals surface area contributed by atoms with Gasteiger partial charge in [-0.05, 0) is 40.5 Å². The van der Waals surface area contributed by atoms with E-state index < -0.39 is 17.8 Å². The van der Waals surface area contributed by atoms with Gasteiger partial charge in [0.1, 0.15) is 5.60 Å². The molecule has 0 aliphatic heterocycles. The van der Waals surface area contributed by atoms with Crippen molar-refractivity contribution in [2.45, 2.75) is 58.3 Å². The minimum Gasteiger partial charge on any atom is -0.444 e. The van der Waals surface area contributed by atoms with E-state index in [1.165, 1.54) is 0 Å². The van der Waals surface area contributed by atoms with E-state index in [1.54, 1.807) is 13.0 Å². The van der Waals surface area contributed by atoms with Gasteiger partial charge in [0.15, 0.2) is 0 Å². The van der Waals surface area contributed by atoms with Crippen LogP contribution in [-0.4, -0.2) is 28.9 Å². The summed E-state index contributed by atoms with van der Waals surface area (Å²) in [5, 5.41) is 12.0. The molecule has 0 bridgehead atoms. The lowest BCUT2D eigenvalue weighted by atomic mass is 10.1. The van der Waals surface area contributed by atoms with Gasteiger partial charge in [0.2, 0.25) is 0 Å². The molecule has 0 aromatic heterocycles. The Kier molecular flexibility index (Phi) is 6.11. The first-order valence-electron chi connectivity index (χ1n) is 5.53. The van der Waals surface area contributed by atoms with Crippen molar-refractivity contribution < 1.29 is 14.6 Å². The monoisotopic (exact) mass is 229 g/mol. The van der Waals surface area contributed by atoms with E-state index in [2.05, 4.69) is 11.9 Å². The van der Waals surface area contributed by atoms with E-state index in [0.717, 1.165) is 0 Å². The molecule has 0 saturated heterocycles. The van der Waals surface area contributed by atoms with Crippen molar-refractivity contribution in [3.63, 3.8) is 0 Å². The van der Waals surface area contributed by atoms with Crippen LogP contribution >= 0.6 is 0 Å². The van der Waals surface area contributed by atoms with Crippen LogP contribution in [0.15, 0.2) is 12.7 Å². The van der Waals surface area contributed by atoms with Crippen LogP contribution in [-0.2, 0) is 4.74 Å². The summed E-state index contributed by atoms with van der Waals surface area (Å²) in [5.41, 5.74) is -0.506. The zero-order chi connectivity index (χ0) is 12.8. The molecule has 2 N–H and O–H groups in total. The third-order valence-electron chi connectivity index (χ3n) is 1.80. The van der Waals surface area contributed by atoms with E-state index in [4.69, 9.17) is 4.74 Å². The Balaban J connectivity index is 4.17. The second-order valence-electron chi connectivity index (χ2n) is 4.95. The molecule has 0 rings (SSSR count). The van der Waals surface area contributed by atoms with E-state index in [1.807, 2.05) is 20.8 Å². The van der Waals surface area contributed by atoms with Gasteiger partial charge >= 0.3 is 6.09 Å². The predicted molar refractivity (Wildman–Crippen MR) is 64.3 cm³/mol. The van der Waals surface area contributed by atoms with Gasteiger partial charge in [-0.25, -0.2) is 4.79 Å². The first-order valence-corrected chi connectivity index (χ1v) is 5.53. The third kappa shape index (κ3) is 8.29. The molecular formula is C12H23NO3. The number of carbonyl (C=O) groups excluding carboxylic acids is 1. The summed E-state index contributed by atoms with van der Waals surface area (Å²) >= 11 is 0. The molecule has 0 fully saturated rings. The number of rotatable bonds is 5. The molecule has 0 spiro atoms. The van der Waals surface area contributed by atoms with E-state index in [-0.39, 0.29) is 6.04 Å². The van der Waals surface area contributed by atoms with Gasteiger partial charge in [-0.1, -0.05) is 6.08 Å². The van der Waals surface area contributed by atoms with Crippen molar-refractivity contribution in [1.29, 1.82) is 0 Å². The molecule has 0 aromatic carbocycles. The lowest BCUT2D eigenvalue weighted by Gasteiger charge is -2.23. The molecule has 0 heterocycles. The second kappa shape index (κ2) is 6.53. The van der Waals surface area contributed by atoms with Crippen LogP contribution in [0.1, 0.15) is 40.5 Å². The maximum absolute atomic E-state index is 11.5. The molecule has 16 heavy (non-hydrogen) atoms.